The number of carboxylic acid groups (broad SMARTS) is 1. The largest absolute Gasteiger partial charge is 0.481 e. The maximum Gasteiger partial charge on any atom is 0.310 e. The molecular weight excluding hydrogens is 394 g/mol. The Morgan fingerprint density at radius 2 is 1.81 bits per heavy atom. The Bertz CT molecular complexity index is 1270. The SMILES string of the molecule is CC(C)(C(=O)O)[C@H]1c2ccccc2Oc2nc(-c3ccc(-n4cnnn4)cc3)ccc21. The zero-order valence-corrected chi connectivity index (χ0v) is 16.9. The van der Waals surface area contributed by atoms with Gasteiger partial charge in [0.15, 0.2) is 0 Å². The third-order valence-corrected chi connectivity index (χ3v) is 5.69. The molecule has 0 saturated heterocycles. The van der Waals surface area contributed by atoms with E-state index in [1.807, 2.05) is 60.7 Å². The van der Waals surface area contributed by atoms with E-state index in [9.17, 15) is 9.90 Å². The number of carboxylic acids is 1. The summed E-state index contributed by atoms with van der Waals surface area (Å²) in [5.41, 5.74) is 3.04. The number of hydrogen-bond acceptors (Lipinski definition) is 6. The molecule has 8 heteroatoms. The first-order valence-corrected chi connectivity index (χ1v) is 9.80. The van der Waals surface area contributed by atoms with Gasteiger partial charge in [-0.05, 0) is 48.5 Å². The molecule has 1 aliphatic rings. The normalized spacial score (nSPS) is 15.0. The highest BCUT2D eigenvalue weighted by Gasteiger charge is 2.44. The molecule has 0 saturated carbocycles. The number of carbonyl (C=O) groups is 1. The van der Waals surface area contributed by atoms with Crippen molar-refractivity contribution in [2.75, 3.05) is 0 Å². The predicted octanol–water partition coefficient (Wildman–Crippen LogP) is 4.07. The molecule has 1 aliphatic heterocycles. The summed E-state index contributed by atoms with van der Waals surface area (Å²) in [6.07, 6.45) is 1.53. The number of pyridine rings is 1. The van der Waals surface area contributed by atoms with Crippen LogP contribution in [0.2, 0.25) is 0 Å². The number of fused-ring (bicyclic) bond motifs is 2. The van der Waals surface area contributed by atoms with Gasteiger partial charge in [0.05, 0.1) is 16.8 Å². The third kappa shape index (κ3) is 3.13. The van der Waals surface area contributed by atoms with Gasteiger partial charge in [0.2, 0.25) is 5.88 Å². The Morgan fingerprint density at radius 1 is 1.03 bits per heavy atom. The average Bonchev–Trinajstić information content (AvgIpc) is 3.32. The van der Waals surface area contributed by atoms with Crippen molar-refractivity contribution >= 4 is 5.97 Å². The van der Waals surface area contributed by atoms with Gasteiger partial charge in [-0.2, -0.15) is 0 Å². The fourth-order valence-corrected chi connectivity index (χ4v) is 3.96. The summed E-state index contributed by atoms with van der Waals surface area (Å²) in [6, 6.07) is 19.0. The van der Waals surface area contributed by atoms with Crippen LogP contribution in [0.1, 0.15) is 30.9 Å². The van der Waals surface area contributed by atoms with E-state index in [2.05, 4.69) is 15.5 Å². The molecule has 0 spiro atoms. The van der Waals surface area contributed by atoms with Gasteiger partial charge in [0.1, 0.15) is 12.1 Å². The summed E-state index contributed by atoms with van der Waals surface area (Å²) in [4.78, 5) is 16.8. The number of rotatable bonds is 4. The first-order chi connectivity index (χ1) is 14.9. The zero-order chi connectivity index (χ0) is 21.6. The molecule has 2 aromatic carbocycles. The standard InChI is InChI=1S/C23H19N5O3/c1-23(2,22(29)30)20-16-5-3-4-6-19(16)31-21-17(20)11-12-18(25-21)14-7-9-15(10-8-14)28-13-24-26-27-28/h3-13,20H,1-2H3,(H,29,30)/t20-/m0/s1. The van der Waals surface area contributed by atoms with E-state index in [0.717, 1.165) is 28.1 Å². The fourth-order valence-electron chi connectivity index (χ4n) is 3.96. The Hall–Kier alpha value is -4.07. The number of benzene rings is 2. The highest BCUT2D eigenvalue weighted by molar-refractivity contribution is 5.77. The van der Waals surface area contributed by atoms with Crippen molar-refractivity contribution in [3.05, 3.63) is 78.1 Å². The molecule has 1 N–H and O–H groups in total. The summed E-state index contributed by atoms with van der Waals surface area (Å²) < 4.78 is 7.66. The summed E-state index contributed by atoms with van der Waals surface area (Å²) in [5.74, 6) is -0.191. The van der Waals surface area contributed by atoms with Crippen molar-refractivity contribution in [3.63, 3.8) is 0 Å². The van der Waals surface area contributed by atoms with E-state index in [4.69, 9.17) is 9.72 Å². The Labute approximate surface area is 178 Å². The summed E-state index contributed by atoms with van der Waals surface area (Å²) in [6.45, 7) is 3.47. The van der Waals surface area contributed by atoms with E-state index < -0.39 is 11.4 Å². The Morgan fingerprint density at radius 3 is 2.52 bits per heavy atom. The molecule has 154 valence electrons. The van der Waals surface area contributed by atoms with Gasteiger partial charge in [-0.1, -0.05) is 36.4 Å². The van der Waals surface area contributed by atoms with Crippen LogP contribution < -0.4 is 4.74 Å². The van der Waals surface area contributed by atoms with Crippen molar-refractivity contribution in [3.8, 4) is 28.6 Å². The van der Waals surface area contributed by atoms with E-state index in [1.165, 1.54) is 6.33 Å². The first-order valence-electron chi connectivity index (χ1n) is 9.80. The highest BCUT2D eigenvalue weighted by Crippen LogP contribution is 2.51. The van der Waals surface area contributed by atoms with Crippen molar-refractivity contribution in [1.82, 2.24) is 25.2 Å². The van der Waals surface area contributed by atoms with Crippen LogP contribution in [0.5, 0.6) is 11.6 Å². The number of tetrazole rings is 1. The molecule has 4 aromatic rings. The van der Waals surface area contributed by atoms with Crippen molar-refractivity contribution in [2.45, 2.75) is 19.8 Å². The lowest BCUT2D eigenvalue weighted by molar-refractivity contribution is -0.147. The lowest BCUT2D eigenvalue weighted by Gasteiger charge is -2.36. The van der Waals surface area contributed by atoms with Crippen LogP contribution in [-0.2, 0) is 4.79 Å². The molecular formula is C23H19N5O3. The third-order valence-electron chi connectivity index (χ3n) is 5.69. The number of aliphatic carboxylic acids is 1. The summed E-state index contributed by atoms with van der Waals surface area (Å²) in [5, 5.41) is 21.1. The van der Waals surface area contributed by atoms with Crippen molar-refractivity contribution in [2.24, 2.45) is 5.41 Å². The molecule has 2 aromatic heterocycles. The molecule has 0 fully saturated rings. The van der Waals surface area contributed by atoms with Gasteiger partial charge in [-0.3, -0.25) is 4.79 Å². The second kappa shape index (κ2) is 7.02. The van der Waals surface area contributed by atoms with Crippen molar-refractivity contribution < 1.29 is 14.6 Å². The van der Waals surface area contributed by atoms with Crippen LogP contribution in [0.4, 0.5) is 0 Å². The molecule has 0 unspecified atom stereocenters. The van der Waals surface area contributed by atoms with E-state index in [1.54, 1.807) is 18.5 Å². The summed E-state index contributed by atoms with van der Waals surface area (Å²) in [7, 11) is 0. The number of hydrogen-bond donors (Lipinski definition) is 1. The van der Waals surface area contributed by atoms with Gasteiger partial charge < -0.3 is 9.84 Å². The van der Waals surface area contributed by atoms with Crippen LogP contribution in [0, 0.1) is 5.41 Å². The van der Waals surface area contributed by atoms with E-state index in [-0.39, 0.29) is 5.92 Å². The van der Waals surface area contributed by atoms with E-state index in [0.29, 0.717) is 11.6 Å². The minimum absolute atomic E-state index is 0.381. The number of aromatic nitrogens is 5. The molecule has 0 radical (unpaired) electrons. The molecule has 3 heterocycles. The minimum atomic E-state index is -1.04. The van der Waals surface area contributed by atoms with Crippen LogP contribution in [0.15, 0.2) is 67.0 Å². The zero-order valence-electron chi connectivity index (χ0n) is 16.9. The van der Waals surface area contributed by atoms with Crippen LogP contribution >= 0.6 is 0 Å². The maximum absolute atomic E-state index is 12.1. The lowest BCUT2D eigenvalue weighted by Crippen LogP contribution is -2.33. The Balaban J connectivity index is 1.57. The van der Waals surface area contributed by atoms with E-state index >= 15 is 0 Å². The topological polar surface area (TPSA) is 103 Å². The van der Waals surface area contributed by atoms with Crippen LogP contribution in [0.25, 0.3) is 16.9 Å². The van der Waals surface area contributed by atoms with Gasteiger partial charge >= 0.3 is 5.97 Å². The maximum atomic E-state index is 12.1. The smallest absolute Gasteiger partial charge is 0.310 e. The van der Waals surface area contributed by atoms with Crippen LogP contribution in [0.3, 0.4) is 0 Å². The molecule has 5 rings (SSSR count). The molecule has 1 atom stereocenters. The number of nitrogens with zero attached hydrogens (tertiary/aromatic N) is 5. The quantitative estimate of drug-likeness (QED) is 0.538. The first kappa shape index (κ1) is 18.9. The molecule has 8 nitrogen and oxygen atoms in total. The van der Waals surface area contributed by atoms with Gasteiger partial charge in [-0.25, -0.2) is 9.67 Å². The molecule has 0 aliphatic carbocycles. The van der Waals surface area contributed by atoms with Gasteiger partial charge in [0.25, 0.3) is 0 Å². The van der Waals surface area contributed by atoms with Crippen molar-refractivity contribution in [1.29, 1.82) is 0 Å². The molecule has 31 heavy (non-hydrogen) atoms. The fraction of sp³-hybridized carbons (Fsp3) is 0.174. The number of para-hydroxylation sites is 1. The second-order valence-corrected chi connectivity index (χ2v) is 7.99. The van der Waals surface area contributed by atoms with Crippen LogP contribution in [-0.4, -0.2) is 36.3 Å². The van der Waals surface area contributed by atoms with Gasteiger partial charge in [0, 0.05) is 22.6 Å². The predicted molar refractivity (Wildman–Crippen MR) is 112 cm³/mol. The average molecular weight is 413 g/mol. The number of ether oxygens (including phenoxy) is 1. The molecule has 0 amide bonds. The summed E-state index contributed by atoms with van der Waals surface area (Å²) >= 11 is 0. The second-order valence-electron chi connectivity index (χ2n) is 7.99. The monoisotopic (exact) mass is 413 g/mol. The molecule has 0 bridgehead atoms. The Kier molecular flexibility index (Phi) is 4.28. The van der Waals surface area contributed by atoms with Gasteiger partial charge in [-0.15, -0.1) is 5.10 Å². The minimum Gasteiger partial charge on any atom is -0.481 e. The lowest BCUT2D eigenvalue weighted by atomic mass is 9.70. The highest BCUT2D eigenvalue weighted by atomic mass is 16.5.